The molecule has 1 aliphatic heterocycles. The van der Waals surface area contributed by atoms with Crippen LogP contribution in [0.4, 0.5) is 5.69 Å². The number of nitriles is 1. The highest BCUT2D eigenvalue weighted by atomic mass is 16.1. The number of benzene rings is 1. The maximum absolute atomic E-state index is 12.4. The fourth-order valence-electron chi connectivity index (χ4n) is 3.82. The van der Waals surface area contributed by atoms with Crippen molar-refractivity contribution in [2.75, 3.05) is 18.0 Å². The molecular weight excluding hydrogens is 340 g/mol. The summed E-state index contributed by atoms with van der Waals surface area (Å²) in [6, 6.07) is 9.94. The Balaban J connectivity index is 1.61. The molecule has 4 rings (SSSR count). The van der Waals surface area contributed by atoms with Crippen molar-refractivity contribution in [1.82, 2.24) is 20.5 Å². The Morgan fingerprint density at radius 1 is 1.37 bits per heavy atom. The predicted molar refractivity (Wildman–Crippen MR) is 102 cm³/mol. The highest BCUT2D eigenvalue weighted by molar-refractivity contribution is 5.96. The summed E-state index contributed by atoms with van der Waals surface area (Å²) in [4.78, 5) is 19.1. The molecule has 2 N–H and O–H groups in total. The van der Waals surface area contributed by atoms with Gasteiger partial charge in [-0.05, 0) is 36.6 Å². The van der Waals surface area contributed by atoms with Crippen LogP contribution >= 0.6 is 0 Å². The van der Waals surface area contributed by atoms with Gasteiger partial charge < -0.3 is 10.2 Å². The van der Waals surface area contributed by atoms with E-state index in [2.05, 4.69) is 38.4 Å². The third kappa shape index (κ3) is 3.34. The van der Waals surface area contributed by atoms with Crippen LogP contribution in [0.2, 0.25) is 0 Å². The molecule has 1 amide bonds. The molecule has 27 heavy (non-hydrogen) atoms. The van der Waals surface area contributed by atoms with Crippen LogP contribution in [0.15, 0.2) is 42.9 Å². The van der Waals surface area contributed by atoms with Crippen LogP contribution in [0.3, 0.4) is 0 Å². The number of carbonyl (C=O) groups is 1. The monoisotopic (exact) mass is 360 g/mol. The Bertz CT molecular complexity index is 1010. The molecule has 1 saturated heterocycles. The van der Waals surface area contributed by atoms with Gasteiger partial charge in [-0.15, -0.1) is 0 Å². The molecule has 136 valence electrons. The first-order valence-corrected chi connectivity index (χ1v) is 8.98. The number of amides is 1. The molecule has 1 fully saturated rings. The number of pyridine rings is 1. The highest BCUT2D eigenvalue weighted by Crippen LogP contribution is 2.31. The maximum Gasteiger partial charge on any atom is 0.254 e. The number of nitrogens with zero attached hydrogens (tertiary/aromatic N) is 4. The minimum atomic E-state index is -0.117. The van der Waals surface area contributed by atoms with E-state index in [4.69, 9.17) is 0 Å². The van der Waals surface area contributed by atoms with Crippen molar-refractivity contribution in [1.29, 1.82) is 5.26 Å². The zero-order valence-corrected chi connectivity index (χ0v) is 15.0. The van der Waals surface area contributed by atoms with Gasteiger partial charge in [-0.2, -0.15) is 10.4 Å². The molecule has 0 aliphatic carbocycles. The third-order valence-electron chi connectivity index (χ3n) is 4.96. The molecule has 0 saturated carbocycles. The number of nitrogens with one attached hydrogen (secondary N) is 2. The number of hydrogen-bond donors (Lipinski definition) is 2. The second-order valence-corrected chi connectivity index (χ2v) is 7.05. The summed E-state index contributed by atoms with van der Waals surface area (Å²) in [7, 11) is 0. The number of aromatic amines is 1. The van der Waals surface area contributed by atoms with Crippen LogP contribution in [-0.2, 0) is 0 Å². The molecule has 1 aromatic carbocycles. The Morgan fingerprint density at radius 2 is 2.26 bits per heavy atom. The fraction of sp³-hybridized carbons (Fsp3) is 0.300. The summed E-state index contributed by atoms with van der Waals surface area (Å²) in [6.07, 6.45) is 5.75. The van der Waals surface area contributed by atoms with Crippen LogP contribution in [0, 0.1) is 17.2 Å². The van der Waals surface area contributed by atoms with Crippen molar-refractivity contribution < 1.29 is 4.79 Å². The summed E-state index contributed by atoms with van der Waals surface area (Å²) in [5, 5.41) is 19.9. The van der Waals surface area contributed by atoms with Crippen molar-refractivity contribution in [2.24, 2.45) is 5.92 Å². The summed E-state index contributed by atoms with van der Waals surface area (Å²) in [5.74, 6) is 0.310. The van der Waals surface area contributed by atoms with Gasteiger partial charge in [0.1, 0.15) is 6.07 Å². The first kappa shape index (κ1) is 17.0. The molecule has 0 radical (unpaired) electrons. The number of carbonyl (C=O) groups excluding carboxylic acids is 1. The second kappa shape index (κ2) is 7.08. The van der Waals surface area contributed by atoms with Crippen LogP contribution < -0.4 is 10.2 Å². The van der Waals surface area contributed by atoms with Crippen molar-refractivity contribution in [3.63, 3.8) is 0 Å². The summed E-state index contributed by atoms with van der Waals surface area (Å²) < 4.78 is 0. The quantitative estimate of drug-likeness (QED) is 0.748. The van der Waals surface area contributed by atoms with Gasteiger partial charge in [0.25, 0.3) is 5.91 Å². The Hall–Kier alpha value is -3.40. The summed E-state index contributed by atoms with van der Waals surface area (Å²) >= 11 is 0. The molecule has 7 heteroatoms. The van der Waals surface area contributed by atoms with Crippen LogP contribution in [-0.4, -0.2) is 40.2 Å². The normalized spacial score (nSPS) is 19.6. The van der Waals surface area contributed by atoms with E-state index in [0.717, 1.165) is 29.6 Å². The molecular formula is C20H20N6O. The van der Waals surface area contributed by atoms with Gasteiger partial charge in [-0.25, -0.2) is 0 Å². The number of rotatable bonds is 3. The SMILES string of the molecule is C[C@H]1C[C@@H](NC(=O)c2cn[nH]c2)CN(c2ccc(C#N)c3ncccc23)C1. The molecule has 1 aliphatic rings. The van der Waals surface area contributed by atoms with E-state index >= 15 is 0 Å². The van der Waals surface area contributed by atoms with Crippen LogP contribution in [0.1, 0.15) is 29.3 Å². The average molecular weight is 360 g/mol. The lowest BCUT2D eigenvalue weighted by atomic mass is 9.94. The molecule has 3 aromatic rings. The maximum atomic E-state index is 12.4. The Morgan fingerprint density at radius 3 is 3.04 bits per heavy atom. The van der Waals surface area contributed by atoms with E-state index in [1.54, 1.807) is 12.4 Å². The number of hydrogen-bond acceptors (Lipinski definition) is 5. The molecule has 0 spiro atoms. The number of anilines is 1. The van der Waals surface area contributed by atoms with Crippen molar-refractivity contribution in [3.05, 3.63) is 54.0 Å². The zero-order valence-electron chi connectivity index (χ0n) is 15.0. The lowest BCUT2D eigenvalue weighted by Gasteiger charge is -2.38. The lowest BCUT2D eigenvalue weighted by Crippen LogP contribution is -2.50. The van der Waals surface area contributed by atoms with Gasteiger partial charge in [0.15, 0.2) is 0 Å². The van der Waals surface area contributed by atoms with Crippen molar-refractivity contribution >= 4 is 22.5 Å². The zero-order chi connectivity index (χ0) is 18.8. The molecule has 0 bridgehead atoms. The first-order valence-electron chi connectivity index (χ1n) is 8.98. The van der Waals surface area contributed by atoms with Gasteiger partial charge in [-0.3, -0.25) is 14.9 Å². The van der Waals surface area contributed by atoms with E-state index < -0.39 is 0 Å². The van der Waals surface area contributed by atoms with Gasteiger partial charge in [-0.1, -0.05) is 6.92 Å². The molecule has 2 atom stereocenters. The smallest absolute Gasteiger partial charge is 0.254 e. The number of aromatic nitrogens is 3. The minimum Gasteiger partial charge on any atom is -0.369 e. The van der Waals surface area contributed by atoms with E-state index in [1.807, 2.05) is 24.3 Å². The van der Waals surface area contributed by atoms with E-state index in [9.17, 15) is 10.1 Å². The lowest BCUT2D eigenvalue weighted by molar-refractivity contribution is 0.0929. The number of H-pyrrole nitrogens is 1. The minimum absolute atomic E-state index is 0.0403. The predicted octanol–water partition coefficient (Wildman–Crippen LogP) is 2.47. The van der Waals surface area contributed by atoms with Crippen LogP contribution in [0.5, 0.6) is 0 Å². The molecule has 2 aromatic heterocycles. The largest absolute Gasteiger partial charge is 0.369 e. The highest BCUT2D eigenvalue weighted by Gasteiger charge is 2.27. The van der Waals surface area contributed by atoms with Crippen LogP contribution in [0.25, 0.3) is 10.9 Å². The number of fused-ring (bicyclic) bond motifs is 1. The molecule has 3 heterocycles. The van der Waals surface area contributed by atoms with Gasteiger partial charge in [0.05, 0.1) is 22.8 Å². The fourth-order valence-corrected chi connectivity index (χ4v) is 3.82. The van der Waals surface area contributed by atoms with Gasteiger partial charge in [0.2, 0.25) is 0 Å². The third-order valence-corrected chi connectivity index (χ3v) is 4.96. The molecule has 7 nitrogen and oxygen atoms in total. The molecule has 0 unspecified atom stereocenters. The Labute approximate surface area is 157 Å². The van der Waals surface area contributed by atoms with E-state index in [1.165, 1.54) is 6.20 Å². The van der Waals surface area contributed by atoms with Crippen molar-refractivity contribution in [2.45, 2.75) is 19.4 Å². The second-order valence-electron chi connectivity index (χ2n) is 7.05. The van der Waals surface area contributed by atoms with Crippen molar-refractivity contribution in [3.8, 4) is 6.07 Å². The van der Waals surface area contributed by atoms with E-state index in [-0.39, 0.29) is 11.9 Å². The first-order chi connectivity index (χ1) is 13.2. The summed E-state index contributed by atoms with van der Waals surface area (Å²) in [6.45, 7) is 3.80. The van der Waals surface area contributed by atoms with E-state index in [0.29, 0.717) is 23.6 Å². The van der Waals surface area contributed by atoms with Gasteiger partial charge in [0, 0.05) is 42.6 Å². The number of piperidine rings is 1. The average Bonchev–Trinajstić information content (AvgIpc) is 3.21. The standard InChI is InChI=1S/C20H20N6O/c1-13-7-16(25-20(27)15-9-23-24-10-15)12-26(11-13)18-5-4-14(8-21)19-17(18)3-2-6-22-19/h2-6,9-10,13,16H,7,11-12H2,1H3,(H,23,24)(H,25,27)/t13-,16+/m0/s1. The van der Waals surface area contributed by atoms with Gasteiger partial charge >= 0.3 is 0 Å². The topological polar surface area (TPSA) is 97.7 Å². The summed E-state index contributed by atoms with van der Waals surface area (Å²) in [5.41, 5.74) is 2.87. The Kier molecular flexibility index (Phi) is 4.47.